The lowest BCUT2D eigenvalue weighted by molar-refractivity contribution is 0.0474. The van der Waals surface area contributed by atoms with Gasteiger partial charge in [0, 0.05) is 11.3 Å². The molecule has 0 radical (unpaired) electrons. The normalized spacial score (nSPS) is 10.3. The molecule has 0 saturated heterocycles. The summed E-state index contributed by atoms with van der Waals surface area (Å²) < 4.78 is 5.22. The summed E-state index contributed by atoms with van der Waals surface area (Å²) in [5, 5.41) is 0.814. The van der Waals surface area contributed by atoms with Crippen LogP contribution >= 0.6 is 23.2 Å². The predicted molar refractivity (Wildman–Crippen MR) is 81.2 cm³/mol. The molecule has 104 valence electrons. The third-order valence-corrected chi connectivity index (χ3v) is 3.68. The van der Waals surface area contributed by atoms with E-state index in [0.29, 0.717) is 26.9 Å². The molecule has 0 aliphatic rings. The number of carbonyl (C=O) groups is 1. The van der Waals surface area contributed by atoms with Gasteiger partial charge in [0.2, 0.25) is 0 Å². The summed E-state index contributed by atoms with van der Waals surface area (Å²) in [5.74, 6) is -0.484. The minimum atomic E-state index is -0.484. The minimum absolute atomic E-state index is 0.0472. The highest BCUT2D eigenvalue weighted by molar-refractivity contribution is 6.42. The highest BCUT2D eigenvalue weighted by Crippen LogP contribution is 2.26. The number of carbonyl (C=O) groups excluding carboxylic acids is 1. The average molecular weight is 310 g/mol. The summed E-state index contributed by atoms with van der Waals surface area (Å²) >= 11 is 11.9. The Balaban J connectivity index is 2.13. The molecule has 0 atom stereocenters. The molecule has 0 unspecified atom stereocenters. The highest BCUT2D eigenvalue weighted by Gasteiger charge is 2.13. The van der Waals surface area contributed by atoms with Crippen molar-refractivity contribution >= 4 is 34.9 Å². The van der Waals surface area contributed by atoms with E-state index >= 15 is 0 Å². The number of halogens is 2. The fourth-order valence-electron chi connectivity index (χ4n) is 1.73. The first-order valence-corrected chi connectivity index (χ1v) is 6.71. The van der Waals surface area contributed by atoms with Crippen molar-refractivity contribution in [3.8, 4) is 0 Å². The fraction of sp³-hybridized carbons (Fsp3) is 0.133. The Bertz CT molecular complexity index is 656. The molecule has 0 aliphatic heterocycles. The molecule has 5 heteroatoms. The van der Waals surface area contributed by atoms with Gasteiger partial charge in [-0.3, -0.25) is 0 Å². The van der Waals surface area contributed by atoms with E-state index in [1.54, 1.807) is 30.3 Å². The second-order valence-electron chi connectivity index (χ2n) is 4.38. The molecule has 0 spiro atoms. The van der Waals surface area contributed by atoms with E-state index in [-0.39, 0.29) is 6.61 Å². The van der Waals surface area contributed by atoms with Crippen molar-refractivity contribution in [2.75, 3.05) is 5.73 Å². The Hall–Kier alpha value is -1.71. The van der Waals surface area contributed by atoms with Gasteiger partial charge in [-0.1, -0.05) is 47.0 Å². The largest absolute Gasteiger partial charge is 0.457 e. The van der Waals surface area contributed by atoms with Crippen LogP contribution in [0.4, 0.5) is 5.69 Å². The van der Waals surface area contributed by atoms with Gasteiger partial charge in [-0.25, -0.2) is 4.79 Å². The van der Waals surface area contributed by atoms with Crippen LogP contribution in [0.15, 0.2) is 36.4 Å². The van der Waals surface area contributed by atoms with Gasteiger partial charge in [0.15, 0.2) is 0 Å². The molecule has 0 aromatic heterocycles. The van der Waals surface area contributed by atoms with E-state index in [1.807, 2.05) is 13.0 Å². The van der Waals surface area contributed by atoms with Crippen LogP contribution < -0.4 is 5.73 Å². The van der Waals surface area contributed by atoms with E-state index in [1.165, 1.54) is 0 Å². The molecule has 2 aromatic rings. The monoisotopic (exact) mass is 309 g/mol. The van der Waals surface area contributed by atoms with Gasteiger partial charge in [0.05, 0.1) is 15.6 Å². The van der Waals surface area contributed by atoms with E-state index in [0.717, 1.165) is 5.56 Å². The van der Waals surface area contributed by atoms with Crippen LogP contribution in [-0.4, -0.2) is 5.97 Å². The van der Waals surface area contributed by atoms with Crippen LogP contribution in [0.25, 0.3) is 0 Å². The SMILES string of the molecule is Cc1ccc(N)c(C(=O)OCc2cccc(Cl)c2Cl)c1. The minimum Gasteiger partial charge on any atom is -0.457 e. The summed E-state index contributed by atoms with van der Waals surface area (Å²) in [4.78, 5) is 12.0. The Morgan fingerprint density at radius 2 is 2.00 bits per heavy atom. The van der Waals surface area contributed by atoms with Crippen molar-refractivity contribution in [3.63, 3.8) is 0 Å². The summed E-state index contributed by atoms with van der Waals surface area (Å²) in [7, 11) is 0. The van der Waals surface area contributed by atoms with Gasteiger partial charge in [-0.05, 0) is 25.1 Å². The van der Waals surface area contributed by atoms with E-state index < -0.39 is 5.97 Å². The lowest BCUT2D eigenvalue weighted by Crippen LogP contribution is -2.08. The number of hydrogen-bond acceptors (Lipinski definition) is 3. The molecular weight excluding hydrogens is 297 g/mol. The van der Waals surface area contributed by atoms with Gasteiger partial charge in [-0.2, -0.15) is 0 Å². The molecule has 20 heavy (non-hydrogen) atoms. The molecule has 0 heterocycles. The third kappa shape index (κ3) is 3.24. The molecule has 3 nitrogen and oxygen atoms in total. The number of benzene rings is 2. The number of esters is 1. The quantitative estimate of drug-likeness (QED) is 0.681. The van der Waals surface area contributed by atoms with Gasteiger partial charge >= 0.3 is 5.97 Å². The number of nitrogen functional groups attached to an aromatic ring is 1. The van der Waals surface area contributed by atoms with Crippen LogP contribution in [0.5, 0.6) is 0 Å². The molecule has 0 amide bonds. The Morgan fingerprint density at radius 3 is 2.75 bits per heavy atom. The van der Waals surface area contributed by atoms with Gasteiger partial charge < -0.3 is 10.5 Å². The van der Waals surface area contributed by atoms with E-state index in [4.69, 9.17) is 33.7 Å². The molecule has 0 fully saturated rings. The van der Waals surface area contributed by atoms with Crippen LogP contribution in [-0.2, 0) is 11.3 Å². The first-order valence-electron chi connectivity index (χ1n) is 5.95. The molecule has 0 bridgehead atoms. The smallest absolute Gasteiger partial charge is 0.340 e. The van der Waals surface area contributed by atoms with Crippen molar-refractivity contribution in [2.45, 2.75) is 13.5 Å². The van der Waals surface area contributed by atoms with Crippen molar-refractivity contribution in [1.29, 1.82) is 0 Å². The number of anilines is 1. The molecule has 0 saturated carbocycles. The standard InChI is InChI=1S/C15H13Cl2NO2/c1-9-5-6-13(18)11(7-9)15(19)20-8-10-3-2-4-12(16)14(10)17/h2-7H,8,18H2,1H3. The Morgan fingerprint density at radius 1 is 1.25 bits per heavy atom. The second kappa shape index (κ2) is 6.16. The second-order valence-corrected chi connectivity index (χ2v) is 5.16. The summed E-state index contributed by atoms with van der Waals surface area (Å²) in [6, 6.07) is 10.4. The first-order chi connectivity index (χ1) is 9.49. The topological polar surface area (TPSA) is 52.3 Å². The number of hydrogen-bond donors (Lipinski definition) is 1. The Labute approximate surface area is 127 Å². The summed E-state index contributed by atoms with van der Waals surface area (Å²) in [6.07, 6.45) is 0. The summed E-state index contributed by atoms with van der Waals surface area (Å²) in [6.45, 7) is 1.93. The third-order valence-electron chi connectivity index (χ3n) is 2.82. The van der Waals surface area contributed by atoms with Gasteiger partial charge in [0.1, 0.15) is 6.61 Å². The fourth-order valence-corrected chi connectivity index (χ4v) is 2.10. The van der Waals surface area contributed by atoms with Gasteiger partial charge in [0.25, 0.3) is 0 Å². The zero-order valence-electron chi connectivity index (χ0n) is 10.8. The molecule has 2 rings (SSSR count). The van der Waals surface area contributed by atoms with Crippen molar-refractivity contribution in [2.24, 2.45) is 0 Å². The lowest BCUT2D eigenvalue weighted by Gasteiger charge is -2.09. The number of ether oxygens (including phenoxy) is 1. The lowest BCUT2D eigenvalue weighted by atomic mass is 10.1. The number of nitrogens with two attached hydrogens (primary N) is 1. The molecule has 0 aliphatic carbocycles. The van der Waals surface area contributed by atoms with Crippen LogP contribution in [0.1, 0.15) is 21.5 Å². The Kier molecular flexibility index (Phi) is 4.53. The van der Waals surface area contributed by atoms with Crippen LogP contribution in [0.2, 0.25) is 10.0 Å². The van der Waals surface area contributed by atoms with Crippen LogP contribution in [0, 0.1) is 6.92 Å². The average Bonchev–Trinajstić information content (AvgIpc) is 2.43. The van der Waals surface area contributed by atoms with E-state index in [9.17, 15) is 4.79 Å². The van der Waals surface area contributed by atoms with E-state index in [2.05, 4.69) is 0 Å². The van der Waals surface area contributed by atoms with Crippen molar-refractivity contribution in [3.05, 3.63) is 63.1 Å². The molecule has 2 N–H and O–H groups in total. The van der Waals surface area contributed by atoms with Gasteiger partial charge in [-0.15, -0.1) is 0 Å². The number of rotatable bonds is 3. The van der Waals surface area contributed by atoms with Crippen molar-refractivity contribution in [1.82, 2.24) is 0 Å². The van der Waals surface area contributed by atoms with Crippen LogP contribution in [0.3, 0.4) is 0 Å². The maximum atomic E-state index is 12.0. The first kappa shape index (κ1) is 14.7. The molecule has 2 aromatic carbocycles. The zero-order chi connectivity index (χ0) is 14.7. The maximum Gasteiger partial charge on any atom is 0.340 e. The molecular formula is C15H13Cl2NO2. The van der Waals surface area contributed by atoms with Crippen molar-refractivity contribution < 1.29 is 9.53 Å². The summed E-state index contributed by atoms with van der Waals surface area (Å²) in [5.41, 5.74) is 8.09. The number of aryl methyl sites for hydroxylation is 1. The highest BCUT2D eigenvalue weighted by atomic mass is 35.5. The zero-order valence-corrected chi connectivity index (χ0v) is 12.3. The maximum absolute atomic E-state index is 12.0. The predicted octanol–water partition coefficient (Wildman–Crippen LogP) is 4.24.